The molecular formula is C21H18FN3O4. The first-order valence-electron chi connectivity index (χ1n) is 8.57. The summed E-state index contributed by atoms with van der Waals surface area (Å²) in [7, 11) is 3.00. The normalized spacial score (nSPS) is 10.2. The van der Waals surface area contributed by atoms with Gasteiger partial charge in [0.1, 0.15) is 11.5 Å². The van der Waals surface area contributed by atoms with E-state index in [-0.39, 0.29) is 16.9 Å². The van der Waals surface area contributed by atoms with Gasteiger partial charge in [-0.25, -0.2) is 4.39 Å². The van der Waals surface area contributed by atoms with Crippen molar-refractivity contribution in [2.75, 3.05) is 24.9 Å². The number of methoxy groups -OCH3 is 2. The van der Waals surface area contributed by atoms with Crippen molar-refractivity contribution in [2.24, 2.45) is 0 Å². The number of para-hydroxylation sites is 1. The molecule has 8 heteroatoms. The topological polar surface area (TPSA) is 89.5 Å². The summed E-state index contributed by atoms with van der Waals surface area (Å²) in [6.07, 6.45) is 1.33. The zero-order valence-electron chi connectivity index (χ0n) is 15.7. The van der Waals surface area contributed by atoms with E-state index in [1.807, 2.05) is 0 Å². The van der Waals surface area contributed by atoms with E-state index in [2.05, 4.69) is 15.6 Å². The molecule has 3 aromatic rings. The largest absolute Gasteiger partial charge is 0.493 e. The van der Waals surface area contributed by atoms with Gasteiger partial charge in [-0.05, 0) is 36.4 Å². The Morgan fingerprint density at radius 1 is 0.897 bits per heavy atom. The summed E-state index contributed by atoms with van der Waals surface area (Å²) in [5.74, 6) is -0.650. The predicted molar refractivity (Wildman–Crippen MR) is 106 cm³/mol. The van der Waals surface area contributed by atoms with Gasteiger partial charge in [0.05, 0.1) is 19.9 Å². The molecular weight excluding hydrogens is 377 g/mol. The standard InChI is InChI=1S/C21H18FN3O4/c1-28-18-8-7-14(12-19(18)29-2)24-21(27)17-11-13(9-10-23-17)20(26)25-16-6-4-3-5-15(16)22/h3-12H,1-2H3,(H,24,27)(H,25,26). The number of amides is 2. The highest BCUT2D eigenvalue weighted by Gasteiger charge is 2.14. The molecule has 2 amide bonds. The van der Waals surface area contributed by atoms with Crippen LogP contribution in [-0.4, -0.2) is 31.0 Å². The number of hydrogen-bond acceptors (Lipinski definition) is 5. The number of rotatable bonds is 6. The molecule has 0 atom stereocenters. The lowest BCUT2D eigenvalue weighted by atomic mass is 10.2. The molecule has 0 spiro atoms. The highest BCUT2D eigenvalue weighted by molar-refractivity contribution is 6.07. The number of ether oxygens (including phenoxy) is 2. The van der Waals surface area contributed by atoms with Crippen LogP contribution in [0.2, 0.25) is 0 Å². The molecule has 148 valence electrons. The summed E-state index contributed by atoms with van der Waals surface area (Å²) in [5, 5.41) is 5.15. The van der Waals surface area contributed by atoms with Crippen molar-refractivity contribution in [3.8, 4) is 11.5 Å². The molecule has 1 heterocycles. The van der Waals surface area contributed by atoms with Crippen LogP contribution in [0.5, 0.6) is 11.5 Å². The van der Waals surface area contributed by atoms with Crippen LogP contribution in [0, 0.1) is 5.82 Å². The summed E-state index contributed by atoms with van der Waals surface area (Å²) >= 11 is 0. The SMILES string of the molecule is COc1ccc(NC(=O)c2cc(C(=O)Nc3ccccc3F)ccn2)cc1OC. The molecule has 0 saturated carbocycles. The highest BCUT2D eigenvalue weighted by Crippen LogP contribution is 2.29. The Bertz CT molecular complexity index is 1060. The Morgan fingerprint density at radius 3 is 2.38 bits per heavy atom. The van der Waals surface area contributed by atoms with Gasteiger partial charge in [-0.3, -0.25) is 14.6 Å². The van der Waals surface area contributed by atoms with Gasteiger partial charge < -0.3 is 20.1 Å². The second kappa shape index (κ2) is 8.83. The molecule has 7 nitrogen and oxygen atoms in total. The molecule has 0 bridgehead atoms. The second-order valence-corrected chi connectivity index (χ2v) is 5.89. The van der Waals surface area contributed by atoms with Crippen molar-refractivity contribution in [2.45, 2.75) is 0 Å². The van der Waals surface area contributed by atoms with Gasteiger partial charge in [0.2, 0.25) is 0 Å². The predicted octanol–water partition coefficient (Wildman–Crippen LogP) is 3.74. The van der Waals surface area contributed by atoms with Crippen molar-refractivity contribution in [1.82, 2.24) is 4.98 Å². The van der Waals surface area contributed by atoms with Crippen LogP contribution in [0.1, 0.15) is 20.8 Å². The first kappa shape index (κ1) is 19.8. The maximum Gasteiger partial charge on any atom is 0.274 e. The lowest BCUT2D eigenvalue weighted by Gasteiger charge is -2.11. The number of carbonyl (C=O) groups excluding carboxylic acids is 2. The minimum atomic E-state index is -0.558. The van der Waals surface area contributed by atoms with Crippen molar-refractivity contribution in [3.63, 3.8) is 0 Å². The van der Waals surface area contributed by atoms with Crippen LogP contribution in [0.25, 0.3) is 0 Å². The van der Waals surface area contributed by atoms with Gasteiger partial charge in [0, 0.05) is 23.5 Å². The highest BCUT2D eigenvalue weighted by atomic mass is 19.1. The van der Waals surface area contributed by atoms with Crippen LogP contribution in [-0.2, 0) is 0 Å². The minimum Gasteiger partial charge on any atom is -0.493 e. The van der Waals surface area contributed by atoms with E-state index in [1.165, 1.54) is 50.7 Å². The van der Waals surface area contributed by atoms with Gasteiger partial charge in [-0.15, -0.1) is 0 Å². The molecule has 0 radical (unpaired) electrons. The molecule has 0 aliphatic rings. The van der Waals surface area contributed by atoms with Crippen LogP contribution in [0.4, 0.5) is 15.8 Å². The molecule has 0 aliphatic carbocycles. The first-order chi connectivity index (χ1) is 14.0. The molecule has 3 rings (SSSR count). The molecule has 29 heavy (non-hydrogen) atoms. The summed E-state index contributed by atoms with van der Waals surface area (Å²) in [5.41, 5.74) is 0.711. The second-order valence-electron chi connectivity index (χ2n) is 5.89. The molecule has 0 aliphatic heterocycles. The number of nitrogens with zero attached hydrogens (tertiary/aromatic N) is 1. The Balaban J connectivity index is 1.76. The van der Waals surface area contributed by atoms with Crippen molar-refractivity contribution < 1.29 is 23.5 Å². The third kappa shape index (κ3) is 4.67. The van der Waals surface area contributed by atoms with Crippen molar-refractivity contribution >= 4 is 23.2 Å². The van der Waals surface area contributed by atoms with Gasteiger partial charge in [-0.1, -0.05) is 12.1 Å². The average molecular weight is 395 g/mol. The van der Waals surface area contributed by atoms with Gasteiger partial charge in [-0.2, -0.15) is 0 Å². The maximum absolute atomic E-state index is 13.7. The quantitative estimate of drug-likeness (QED) is 0.664. The Hall–Kier alpha value is -3.94. The number of benzene rings is 2. The molecule has 0 saturated heterocycles. The number of pyridine rings is 1. The Kier molecular flexibility index (Phi) is 6.03. The smallest absolute Gasteiger partial charge is 0.274 e. The van der Waals surface area contributed by atoms with Crippen molar-refractivity contribution in [1.29, 1.82) is 0 Å². The lowest BCUT2D eigenvalue weighted by molar-refractivity contribution is 0.102. The monoisotopic (exact) mass is 395 g/mol. The van der Waals surface area contributed by atoms with E-state index in [0.29, 0.717) is 17.2 Å². The molecule has 2 N–H and O–H groups in total. The maximum atomic E-state index is 13.7. The summed E-state index contributed by atoms with van der Waals surface area (Å²) in [6, 6.07) is 13.5. The van der Waals surface area contributed by atoms with Gasteiger partial charge in [0.25, 0.3) is 11.8 Å². The third-order valence-corrected chi connectivity index (χ3v) is 4.02. The lowest BCUT2D eigenvalue weighted by Crippen LogP contribution is -2.17. The van der Waals surface area contributed by atoms with E-state index in [4.69, 9.17) is 9.47 Å². The molecule has 1 aromatic heterocycles. The van der Waals surface area contributed by atoms with Crippen LogP contribution in [0.15, 0.2) is 60.8 Å². The molecule has 0 unspecified atom stereocenters. The van der Waals surface area contributed by atoms with E-state index >= 15 is 0 Å². The summed E-state index contributed by atoms with van der Waals surface area (Å²) < 4.78 is 24.1. The fraction of sp³-hybridized carbons (Fsp3) is 0.0952. The van der Waals surface area contributed by atoms with E-state index < -0.39 is 17.6 Å². The first-order valence-corrected chi connectivity index (χ1v) is 8.57. The zero-order valence-corrected chi connectivity index (χ0v) is 15.7. The van der Waals surface area contributed by atoms with E-state index in [1.54, 1.807) is 24.3 Å². The van der Waals surface area contributed by atoms with Crippen LogP contribution in [0.3, 0.4) is 0 Å². The number of halogens is 1. The Morgan fingerprint density at radius 2 is 1.66 bits per heavy atom. The number of anilines is 2. The van der Waals surface area contributed by atoms with Crippen LogP contribution >= 0.6 is 0 Å². The summed E-state index contributed by atoms with van der Waals surface area (Å²) in [6.45, 7) is 0. The number of aromatic nitrogens is 1. The minimum absolute atomic E-state index is 0.0287. The Labute approximate surface area is 166 Å². The number of carbonyl (C=O) groups is 2. The molecule has 2 aromatic carbocycles. The van der Waals surface area contributed by atoms with E-state index in [0.717, 1.165) is 0 Å². The van der Waals surface area contributed by atoms with Crippen LogP contribution < -0.4 is 20.1 Å². The van der Waals surface area contributed by atoms with E-state index in [9.17, 15) is 14.0 Å². The van der Waals surface area contributed by atoms with Crippen molar-refractivity contribution in [3.05, 3.63) is 77.9 Å². The number of hydrogen-bond donors (Lipinski definition) is 2. The van der Waals surface area contributed by atoms with Gasteiger partial charge >= 0.3 is 0 Å². The van der Waals surface area contributed by atoms with Gasteiger partial charge in [0.15, 0.2) is 11.5 Å². The third-order valence-electron chi connectivity index (χ3n) is 4.02. The average Bonchev–Trinajstić information content (AvgIpc) is 2.75. The fourth-order valence-corrected chi connectivity index (χ4v) is 2.56. The summed E-state index contributed by atoms with van der Waals surface area (Å²) in [4.78, 5) is 28.9. The molecule has 0 fully saturated rings. The zero-order chi connectivity index (χ0) is 20.8. The number of nitrogens with one attached hydrogen (secondary N) is 2. The fourth-order valence-electron chi connectivity index (χ4n) is 2.56.